The minimum absolute atomic E-state index is 0.355. The van der Waals surface area contributed by atoms with E-state index in [1.165, 1.54) is 17.7 Å². The van der Waals surface area contributed by atoms with Gasteiger partial charge in [0.1, 0.15) is 11.6 Å². The molecule has 0 unspecified atom stereocenters. The molecule has 0 radical (unpaired) electrons. The molecule has 0 saturated heterocycles. The third-order valence-electron chi connectivity index (χ3n) is 3.51. The van der Waals surface area contributed by atoms with Gasteiger partial charge in [-0.3, -0.25) is 0 Å². The Morgan fingerprint density at radius 2 is 1.95 bits per heavy atom. The van der Waals surface area contributed by atoms with Gasteiger partial charge >= 0.3 is 0 Å². The highest BCUT2D eigenvalue weighted by molar-refractivity contribution is 5.55. The second-order valence-electron chi connectivity index (χ2n) is 4.93. The van der Waals surface area contributed by atoms with Gasteiger partial charge in [0.05, 0.1) is 0 Å². The predicted octanol–water partition coefficient (Wildman–Crippen LogP) is 3.91. The summed E-state index contributed by atoms with van der Waals surface area (Å²) in [6.07, 6.45) is 2.64. The molecule has 1 N–H and O–H groups in total. The zero-order valence-electron chi connectivity index (χ0n) is 10.5. The summed E-state index contributed by atoms with van der Waals surface area (Å²) in [5, 5.41) is 3.35. The lowest BCUT2D eigenvalue weighted by molar-refractivity contribution is 0.588. The Morgan fingerprint density at radius 3 is 2.84 bits per heavy atom. The van der Waals surface area contributed by atoms with E-state index in [-0.39, 0.29) is 5.82 Å². The van der Waals surface area contributed by atoms with Crippen LogP contribution in [0.2, 0.25) is 0 Å². The summed E-state index contributed by atoms with van der Waals surface area (Å²) >= 11 is 0. The van der Waals surface area contributed by atoms with Crippen molar-refractivity contribution in [2.45, 2.75) is 19.3 Å². The maximum atomic E-state index is 13.6. The van der Waals surface area contributed by atoms with Crippen LogP contribution in [0, 0.1) is 11.6 Å². The molecule has 98 valence electrons. The molecule has 0 bridgehead atoms. The van der Waals surface area contributed by atoms with Crippen molar-refractivity contribution in [3.05, 3.63) is 64.7 Å². The number of fused-ring (bicyclic) bond motifs is 1. The van der Waals surface area contributed by atoms with Gasteiger partial charge in [0.2, 0.25) is 0 Å². The molecule has 1 aliphatic heterocycles. The summed E-state index contributed by atoms with van der Waals surface area (Å²) in [4.78, 5) is 0. The molecule has 0 fully saturated rings. The van der Waals surface area contributed by atoms with Crippen molar-refractivity contribution >= 4 is 5.69 Å². The van der Waals surface area contributed by atoms with Crippen LogP contribution in [-0.4, -0.2) is 6.54 Å². The monoisotopic (exact) mass is 259 g/mol. The maximum absolute atomic E-state index is 13.6. The van der Waals surface area contributed by atoms with Gasteiger partial charge in [0, 0.05) is 18.7 Å². The van der Waals surface area contributed by atoms with Crippen molar-refractivity contribution < 1.29 is 8.78 Å². The second-order valence-corrected chi connectivity index (χ2v) is 4.93. The van der Waals surface area contributed by atoms with E-state index in [0.717, 1.165) is 36.7 Å². The first-order valence-electron chi connectivity index (χ1n) is 6.52. The summed E-state index contributed by atoms with van der Waals surface area (Å²) < 4.78 is 26.8. The number of aryl methyl sites for hydroxylation is 1. The standard InChI is InChI=1S/C16H15F2N/c17-14-5-6-15(18)13(10-14)8-11-3-4-12-2-1-7-19-16(12)9-11/h3-6,9-10,19H,1-2,7-8H2. The molecule has 19 heavy (non-hydrogen) atoms. The van der Waals surface area contributed by atoms with Crippen molar-refractivity contribution in [2.24, 2.45) is 0 Å². The first kappa shape index (κ1) is 12.2. The predicted molar refractivity (Wildman–Crippen MR) is 72.4 cm³/mol. The Kier molecular flexibility index (Phi) is 3.20. The summed E-state index contributed by atoms with van der Waals surface area (Å²) in [5.74, 6) is -0.750. The number of rotatable bonds is 2. The molecule has 2 aromatic rings. The molecule has 1 heterocycles. The van der Waals surface area contributed by atoms with Crippen LogP contribution in [0.5, 0.6) is 0 Å². The van der Waals surface area contributed by atoms with Gasteiger partial charge in [-0.15, -0.1) is 0 Å². The SMILES string of the molecule is Fc1ccc(F)c(Cc2ccc3c(c2)NCCC3)c1. The molecule has 0 aromatic heterocycles. The van der Waals surface area contributed by atoms with Gasteiger partial charge in [-0.2, -0.15) is 0 Å². The van der Waals surface area contributed by atoms with Gasteiger partial charge in [0.25, 0.3) is 0 Å². The third-order valence-corrected chi connectivity index (χ3v) is 3.51. The Bertz CT molecular complexity index is 608. The fraction of sp³-hybridized carbons (Fsp3) is 0.250. The average Bonchev–Trinajstić information content (AvgIpc) is 2.43. The molecule has 0 saturated carbocycles. The van der Waals surface area contributed by atoms with Crippen LogP contribution < -0.4 is 5.32 Å². The van der Waals surface area contributed by atoms with E-state index < -0.39 is 5.82 Å². The van der Waals surface area contributed by atoms with E-state index in [1.807, 2.05) is 12.1 Å². The highest BCUT2D eigenvalue weighted by atomic mass is 19.1. The van der Waals surface area contributed by atoms with E-state index in [9.17, 15) is 8.78 Å². The molecule has 0 atom stereocenters. The van der Waals surface area contributed by atoms with Crippen LogP contribution in [0.1, 0.15) is 23.1 Å². The molecule has 1 aliphatic rings. The fourth-order valence-electron chi connectivity index (χ4n) is 2.52. The minimum Gasteiger partial charge on any atom is -0.385 e. The van der Waals surface area contributed by atoms with Crippen LogP contribution in [0.15, 0.2) is 36.4 Å². The summed E-state index contributed by atoms with van der Waals surface area (Å²) in [6, 6.07) is 9.71. The van der Waals surface area contributed by atoms with E-state index >= 15 is 0 Å². The van der Waals surface area contributed by atoms with Gasteiger partial charge in [-0.25, -0.2) is 8.78 Å². The van der Waals surface area contributed by atoms with Crippen LogP contribution in [0.4, 0.5) is 14.5 Å². The molecular weight excluding hydrogens is 244 g/mol. The van der Waals surface area contributed by atoms with Crippen LogP contribution in [0.3, 0.4) is 0 Å². The summed E-state index contributed by atoms with van der Waals surface area (Å²) in [5.41, 5.74) is 3.82. The smallest absolute Gasteiger partial charge is 0.126 e. The summed E-state index contributed by atoms with van der Waals surface area (Å²) in [7, 11) is 0. The molecule has 3 heteroatoms. The van der Waals surface area contributed by atoms with Crippen molar-refractivity contribution in [1.29, 1.82) is 0 Å². The van der Waals surface area contributed by atoms with Gasteiger partial charge in [0.15, 0.2) is 0 Å². The van der Waals surface area contributed by atoms with Crippen LogP contribution >= 0.6 is 0 Å². The highest BCUT2D eigenvalue weighted by Gasteiger charge is 2.10. The Balaban J connectivity index is 1.89. The van der Waals surface area contributed by atoms with Gasteiger partial charge in [-0.05, 0) is 53.8 Å². The quantitative estimate of drug-likeness (QED) is 0.862. The third kappa shape index (κ3) is 2.60. The Labute approximate surface area is 111 Å². The molecule has 0 amide bonds. The van der Waals surface area contributed by atoms with E-state index in [1.54, 1.807) is 0 Å². The van der Waals surface area contributed by atoms with Gasteiger partial charge in [-0.1, -0.05) is 12.1 Å². The molecule has 3 rings (SSSR count). The highest BCUT2D eigenvalue weighted by Crippen LogP contribution is 2.25. The van der Waals surface area contributed by atoms with Crippen LogP contribution in [0.25, 0.3) is 0 Å². The van der Waals surface area contributed by atoms with E-state index in [4.69, 9.17) is 0 Å². The molecule has 2 aromatic carbocycles. The first-order valence-corrected chi connectivity index (χ1v) is 6.52. The van der Waals surface area contributed by atoms with Crippen molar-refractivity contribution in [3.8, 4) is 0 Å². The fourth-order valence-corrected chi connectivity index (χ4v) is 2.52. The molecule has 1 nitrogen and oxygen atoms in total. The molecule has 0 spiro atoms. The average molecular weight is 259 g/mol. The van der Waals surface area contributed by atoms with Crippen molar-refractivity contribution in [2.75, 3.05) is 11.9 Å². The first-order chi connectivity index (χ1) is 9.22. The van der Waals surface area contributed by atoms with Crippen molar-refractivity contribution in [1.82, 2.24) is 0 Å². The normalized spacial score (nSPS) is 13.8. The lowest BCUT2D eigenvalue weighted by Gasteiger charge is -2.18. The lowest BCUT2D eigenvalue weighted by atomic mass is 9.98. The van der Waals surface area contributed by atoms with Gasteiger partial charge < -0.3 is 5.32 Å². The largest absolute Gasteiger partial charge is 0.385 e. The topological polar surface area (TPSA) is 12.0 Å². The zero-order valence-corrected chi connectivity index (χ0v) is 10.5. The number of halogens is 2. The Morgan fingerprint density at radius 1 is 1.05 bits per heavy atom. The molecule has 0 aliphatic carbocycles. The number of hydrogen-bond acceptors (Lipinski definition) is 1. The minimum atomic E-state index is -0.396. The maximum Gasteiger partial charge on any atom is 0.126 e. The number of benzene rings is 2. The molecular formula is C16H15F2N. The number of hydrogen-bond donors (Lipinski definition) is 1. The zero-order chi connectivity index (χ0) is 13.2. The van der Waals surface area contributed by atoms with Crippen molar-refractivity contribution in [3.63, 3.8) is 0 Å². The van der Waals surface area contributed by atoms with E-state index in [2.05, 4.69) is 11.4 Å². The number of anilines is 1. The Hall–Kier alpha value is -1.90. The van der Waals surface area contributed by atoms with Crippen LogP contribution in [-0.2, 0) is 12.8 Å². The lowest BCUT2D eigenvalue weighted by Crippen LogP contribution is -2.11. The summed E-state index contributed by atoms with van der Waals surface area (Å²) in [6.45, 7) is 0.977. The van der Waals surface area contributed by atoms with E-state index in [0.29, 0.717) is 12.0 Å². The number of nitrogens with one attached hydrogen (secondary N) is 1. The second kappa shape index (κ2) is 5.00.